The van der Waals surface area contributed by atoms with Gasteiger partial charge >= 0.3 is 0 Å². The SMILES string of the molecule is Cc1ccc(C(=O)NCCc2cnn(C)c2)c(O)c1. The molecule has 1 aromatic carbocycles. The highest BCUT2D eigenvalue weighted by molar-refractivity contribution is 5.96. The lowest BCUT2D eigenvalue weighted by Gasteiger charge is -2.06. The highest BCUT2D eigenvalue weighted by Crippen LogP contribution is 2.17. The van der Waals surface area contributed by atoms with E-state index >= 15 is 0 Å². The van der Waals surface area contributed by atoms with Crippen molar-refractivity contribution < 1.29 is 9.90 Å². The summed E-state index contributed by atoms with van der Waals surface area (Å²) in [6.45, 7) is 2.38. The van der Waals surface area contributed by atoms with Gasteiger partial charge in [-0.3, -0.25) is 9.48 Å². The molecule has 0 bridgehead atoms. The second kappa shape index (κ2) is 5.56. The molecule has 0 aliphatic heterocycles. The number of benzene rings is 1. The van der Waals surface area contributed by atoms with Crippen LogP contribution in [0, 0.1) is 6.92 Å². The Balaban J connectivity index is 1.90. The number of phenols is 1. The van der Waals surface area contributed by atoms with Crippen molar-refractivity contribution in [1.82, 2.24) is 15.1 Å². The third-order valence-corrected chi connectivity index (χ3v) is 2.86. The molecule has 1 amide bonds. The number of aromatic nitrogens is 2. The molecule has 0 fully saturated rings. The molecule has 0 saturated carbocycles. The molecule has 0 aliphatic carbocycles. The number of hydrogen-bond acceptors (Lipinski definition) is 3. The molecule has 100 valence electrons. The maximum atomic E-state index is 11.9. The lowest BCUT2D eigenvalue weighted by Crippen LogP contribution is -2.25. The van der Waals surface area contributed by atoms with Gasteiger partial charge in [0.25, 0.3) is 5.91 Å². The van der Waals surface area contributed by atoms with Crippen LogP contribution in [0.2, 0.25) is 0 Å². The van der Waals surface area contributed by atoms with E-state index in [2.05, 4.69) is 10.4 Å². The van der Waals surface area contributed by atoms with E-state index in [1.54, 1.807) is 29.1 Å². The Labute approximate surface area is 111 Å². The van der Waals surface area contributed by atoms with Crippen molar-refractivity contribution in [2.45, 2.75) is 13.3 Å². The van der Waals surface area contributed by atoms with Crippen molar-refractivity contribution in [2.24, 2.45) is 7.05 Å². The minimum Gasteiger partial charge on any atom is -0.507 e. The Hall–Kier alpha value is -2.30. The summed E-state index contributed by atoms with van der Waals surface area (Å²) >= 11 is 0. The van der Waals surface area contributed by atoms with Crippen LogP contribution in [0.25, 0.3) is 0 Å². The second-order valence-corrected chi connectivity index (χ2v) is 4.55. The van der Waals surface area contributed by atoms with Gasteiger partial charge in [-0.25, -0.2) is 0 Å². The van der Waals surface area contributed by atoms with E-state index in [0.717, 1.165) is 11.1 Å². The first-order valence-corrected chi connectivity index (χ1v) is 6.11. The molecule has 2 rings (SSSR count). The van der Waals surface area contributed by atoms with Crippen LogP contribution in [0.1, 0.15) is 21.5 Å². The molecule has 0 aliphatic rings. The molecule has 0 atom stereocenters. The summed E-state index contributed by atoms with van der Waals surface area (Å²) in [4.78, 5) is 11.9. The maximum absolute atomic E-state index is 11.9. The minimum atomic E-state index is -0.263. The molecule has 5 nitrogen and oxygen atoms in total. The van der Waals surface area contributed by atoms with Crippen molar-refractivity contribution in [2.75, 3.05) is 6.54 Å². The molecule has 0 saturated heterocycles. The average Bonchev–Trinajstić information content (AvgIpc) is 2.75. The number of aryl methyl sites for hydroxylation is 2. The molecule has 0 unspecified atom stereocenters. The standard InChI is InChI=1S/C14H17N3O2/c1-10-3-4-12(13(18)7-10)14(19)15-6-5-11-8-16-17(2)9-11/h3-4,7-9,18H,5-6H2,1-2H3,(H,15,19). The first kappa shape index (κ1) is 13.1. The third kappa shape index (κ3) is 3.34. The monoisotopic (exact) mass is 259 g/mol. The molecule has 1 aromatic heterocycles. The molecule has 0 spiro atoms. The zero-order valence-electron chi connectivity index (χ0n) is 11.1. The zero-order chi connectivity index (χ0) is 13.8. The van der Waals surface area contributed by atoms with E-state index in [1.807, 2.05) is 20.2 Å². The smallest absolute Gasteiger partial charge is 0.255 e. The largest absolute Gasteiger partial charge is 0.507 e. The van der Waals surface area contributed by atoms with Gasteiger partial charge < -0.3 is 10.4 Å². The van der Waals surface area contributed by atoms with Crippen LogP contribution < -0.4 is 5.32 Å². The van der Waals surface area contributed by atoms with Crippen LogP contribution in [-0.2, 0) is 13.5 Å². The van der Waals surface area contributed by atoms with Gasteiger partial charge in [-0.15, -0.1) is 0 Å². The first-order chi connectivity index (χ1) is 9.06. The highest BCUT2D eigenvalue weighted by Gasteiger charge is 2.10. The molecular weight excluding hydrogens is 242 g/mol. The molecular formula is C14H17N3O2. The highest BCUT2D eigenvalue weighted by atomic mass is 16.3. The zero-order valence-corrected chi connectivity index (χ0v) is 11.1. The normalized spacial score (nSPS) is 10.4. The predicted molar refractivity (Wildman–Crippen MR) is 72.1 cm³/mol. The predicted octanol–water partition coefficient (Wildman–Crippen LogP) is 1.41. The summed E-state index contributed by atoms with van der Waals surface area (Å²) < 4.78 is 1.73. The number of phenolic OH excluding ortho intramolecular Hbond substituents is 1. The van der Waals surface area contributed by atoms with Crippen LogP contribution in [0.4, 0.5) is 0 Å². The van der Waals surface area contributed by atoms with Gasteiger partial charge in [0.05, 0.1) is 11.8 Å². The number of aromatic hydroxyl groups is 1. The average molecular weight is 259 g/mol. The van der Waals surface area contributed by atoms with E-state index in [-0.39, 0.29) is 11.7 Å². The Kier molecular flexibility index (Phi) is 3.85. The first-order valence-electron chi connectivity index (χ1n) is 6.11. The summed E-state index contributed by atoms with van der Waals surface area (Å²) in [5.74, 6) is -0.250. The van der Waals surface area contributed by atoms with Crippen molar-refractivity contribution in [3.63, 3.8) is 0 Å². The fraction of sp³-hybridized carbons (Fsp3) is 0.286. The summed E-state index contributed by atoms with van der Waals surface area (Å²) in [5, 5.41) is 16.5. The van der Waals surface area contributed by atoms with Crippen molar-refractivity contribution in [3.05, 3.63) is 47.3 Å². The molecule has 2 aromatic rings. The van der Waals surface area contributed by atoms with Crippen LogP contribution >= 0.6 is 0 Å². The van der Waals surface area contributed by atoms with Gasteiger partial charge in [-0.05, 0) is 36.6 Å². The van der Waals surface area contributed by atoms with E-state index in [1.165, 1.54) is 0 Å². The van der Waals surface area contributed by atoms with E-state index in [0.29, 0.717) is 18.5 Å². The van der Waals surface area contributed by atoms with Crippen LogP contribution in [0.3, 0.4) is 0 Å². The summed E-state index contributed by atoms with van der Waals surface area (Å²) in [7, 11) is 1.85. The van der Waals surface area contributed by atoms with Crippen molar-refractivity contribution >= 4 is 5.91 Å². The van der Waals surface area contributed by atoms with Gasteiger partial charge in [0, 0.05) is 19.8 Å². The number of nitrogens with one attached hydrogen (secondary N) is 1. The topological polar surface area (TPSA) is 67.2 Å². The maximum Gasteiger partial charge on any atom is 0.255 e. The number of rotatable bonds is 4. The summed E-state index contributed by atoms with van der Waals surface area (Å²) in [6, 6.07) is 5.01. The van der Waals surface area contributed by atoms with Gasteiger partial charge in [0.1, 0.15) is 5.75 Å². The van der Waals surface area contributed by atoms with Crippen molar-refractivity contribution in [3.8, 4) is 5.75 Å². The van der Waals surface area contributed by atoms with Crippen LogP contribution in [0.5, 0.6) is 5.75 Å². The van der Waals surface area contributed by atoms with Gasteiger partial charge in [0.2, 0.25) is 0 Å². The Morgan fingerprint density at radius 2 is 2.26 bits per heavy atom. The number of carbonyl (C=O) groups is 1. The van der Waals surface area contributed by atoms with E-state index in [9.17, 15) is 9.90 Å². The second-order valence-electron chi connectivity index (χ2n) is 4.55. The Bertz CT molecular complexity index is 590. The molecule has 1 heterocycles. The number of amides is 1. The lowest BCUT2D eigenvalue weighted by atomic mass is 10.1. The van der Waals surface area contributed by atoms with Gasteiger partial charge in [-0.1, -0.05) is 6.07 Å². The fourth-order valence-electron chi connectivity index (χ4n) is 1.85. The number of carbonyl (C=O) groups excluding carboxylic acids is 1. The molecule has 19 heavy (non-hydrogen) atoms. The number of hydrogen-bond donors (Lipinski definition) is 2. The Morgan fingerprint density at radius 1 is 1.47 bits per heavy atom. The quantitative estimate of drug-likeness (QED) is 0.872. The molecule has 2 N–H and O–H groups in total. The van der Waals surface area contributed by atoms with Gasteiger partial charge in [-0.2, -0.15) is 5.10 Å². The lowest BCUT2D eigenvalue weighted by molar-refractivity contribution is 0.0951. The van der Waals surface area contributed by atoms with Crippen LogP contribution in [0.15, 0.2) is 30.6 Å². The minimum absolute atomic E-state index is 0.0128. The Morgan fingerprint density at radius 3 is 2.89 bits per heavy atom. The third-order valence-electron chi connectivity index (χ3n) is 2.86. The fourth-order valence-corrected chi connectivity index (χ4v) is 1.85. The molecule has 5 heteroatoms. The van der Waals surface area contributed by atoms with E-state index < -0.39 is 0 Å². The number of nitrogens with zero attached hydrogens (tertiary/aromatic N) is 2. The summed E-state index contributed by atoms with van der Waals surface area (Å²) in [6.07, 6.45) is 4.40. The summed E-state index contributed by atoms with van der Waals surface area (Å²) in [5.41, 5.74) is 2.29. The van der Waals surface area contributed by atoms with Crippen molar-refractivity contribution in [1.29, 1.82) is 0 Å². The van der Waals surface area contributed by atoms with Gasteiger partial charge in [0.15, 0.2) is 0 Å². The van der Waals surface area contributed by atoms with E-state index in [4.69, 9.17) is 0 Å². The van der Waals surface area contributed by atoms with Crippen LogP contribution in [-0.4, -0.2) is 27.3 Å². The molecule has 0 radical (unpaired) electrons.